The Hall–Kier alpha value is -1.44. The molecule has 0 aromatic heterocycles. The van der Waals surface area contributed by atoms with Crippen LogP contribution in [0.15, 0.2) is 0 Å². The maximum Gasteiger partial charge on any atom is 0.327 e. The molecule has 0 aromatic carbocycles. The van der Waals surface area contributed by atoms with Gasteiger partial charge >= 0.3 is 5.97 Å². The van der Waals surface area contributed by atoms with E-state index in [1.165, 1.54) is 0 Å². The molecule has 0 aliphatic carbocycles. The number of amides is 2. The van der Waals surface area contributed by atoms with Gasteiger partial charge in [0.1, 0.15) is 11.3 Å². The van der Waals surface area contributed by atoms with Crippen LogP contribution in [-0.2, 0) is 25.2 Å². The van der Waals surface area contributed by atoms with E-state index in [1.54, 1.807) is 6.92 Å². The zero-order chi connectivity index (χ0) is 13.6. The van der Waals surface area contributed by atoms with Crippen molar-refractivity contribution in [2.45, 2.75) is 31.6 Å². The van der Waals surface area contributed by atoms with Gasteiger partial charge in [0.2, 0.25) is 11.8 Å². The van der Waals surface area contributed by atoms with Gasteiger partial charge in [-0.3, -0.25) is 13.8 Å². The first-order chi connectivity index (χ1) is 7.79. The van der Waals surface area contributed by atoms with Crippen LogP contribution in [0, 0.1) is 0 Å². The number of carboxylic acids is 1. The van der Waals surface area contributed by atoms with Gasteiger partial charge in [-0.25, -0.2) is 4.79 Å². The summed E-state index contributed by atoms with van der Waals surface area (Å²) < 4.78 is 11.7. The molecule has 0 radical (unpaired) electrons. The van der Waals surface area contributed by atoms with E-state index < -0.39 is 39.9 Å². The second-order valence-corrected chi connectivity index (χ2v) is 5.10. The smallest absolute Gasteiger partial charge is 0.327 e. The van der Waals surface area contributed by atoms with Crippen LogP contribution in [0.4, 0.5) is 0 Å². The van der Waals surface area contributed by atoms with Crippen LogP contribution in [0.2, 0.25) is 0 Å². The lowest BCUT2D eigenvalue weighted by Crippen LogP contribution is -2.46. The predicted molar refractivity (Wildman–Crippen MR) is 61.5 cm³/mol. The molecule has 17 heavy (non-hydrogen) atoms. The quantitative estimate of drug-likeness (QED) is 0.520. The lowest BCUT2D eigenvalue weighted by atomic mass is 10.3. The van der Waals surface area contributed by atoms with E-state index in [4.69, 9.17) is 10.8 Å². The van der Waals surface area contributed by atoms with Crippen LogP contribution in [0.25, 0.3) is 0 Å². The molecule has 0 aromatic rings. The van der Waals surface area contributed by atoms with Crippen molar-refractivity contribution >= 4 is 28.6 Å². The fraction of sp³-hybridized carbons (Fsp3) is 0.667. The molecule has 3 atom stereocenters. The number of aliphatic carboxylic acids is 1. The molecule has 0 saturated carbocycles. The van der Waals surface area contributed by atoms with Gasteiger partial charge in [-0.1, -0.05) is 6.92 Å². The van der Waals surface area contributed by atoms with Gasteiger partial charge in [-0.2, -0.15) is 0 Å². The summed E-state index contributed by atoms with van der Waals surface area (Å²) in [6.45, 7) is 2.78. The van der Waals surface area contributed by atoms with Crippen LogP contribution in [0.1, 0.15) is 20.3 Å². The Labute approximate surface area is 101 Å². The zero-order valence-electron chi connectivity index (χ0n) is 9.63. The first-order valence-electron chi connectivity index (χ1n) is 4.96. The van der Waals surface area contributed by atoms with Gasteiger partial charge in [0, 0.05) is 17.7 Å². The molecule has 0 aliphatic heterocycles. The molecule has 0 bridgehead atoms. The molecule has 0 rings (SSSR count). The van der Waals surface area contributed by atoms with Crippen molar-refractivity contribution in [3.63, 3.8) is 0 Å². The Balaban J connectivity index is 4.65. The average Bonchev–Trinajstić information content (AvgIpc) is 2.15. The molecule has 0 saturated heterocycles. The number of primary amides is 1. The van der Waals surface area contributed by atoms with Crippen molar-refractivity contribution < 1.29 is 23.7 Å². The van der Waals surface area contributed by atoms with Crippen molar-refractivity contribution in [2.24, 2.45) is 5.73 Å². The van der Waals surface area contributed by atoms with E-state index in [0.717, 1.165) is 6.92 Å². The van der Waals surface area contributed by atoms with E-state index >= 15 is 0 Å². The maximum atomic E-state index is 11.7. The van der Waals surface area contributed by atoms with Gasteiger partial charge in [-0.05, 0) is 6.42 Å². The summed E-state index contributed by atoms with van der Waals surface area (Å²) >= 11 is 0. The third kappa shape index (κ3) is 5.43. The van der Waals surface area contributed by atoms with Crippen molar-refractivity contribution in [1.82, 2.24) is 5.32 Å². The Bertz CT molecular complexity index is 344. The topological polar surface area (TPSA) is 127 Å². The lowest BCUT2D eigenvalue weighted by molar-refractivity contribution is -0.140. The molecule has 0 spiro atoms. The number of rotatable bonds is 7. The summed E-state index contributed by atoms with van der Waals surface area (Å²) in [7, 11) is -1.73. The number of hydrogen-bond donors (Lipinski definition) is 3. The summed E-state index contributed by atoms with van der Waals surface area (Å²) in [5, 5.41) is 10.0. The van der Waals surface area contributed by atoms with Crippen molar-refractivity contribution in [1.29, 1.82) is 0 Å². The Morgan fingerprint density at radius 3 is 2.24 bits per heavy atom. The number of nitrogens with one attached hydrogen (secondary N) is 1. The predicted octanol–water partition coefficient (Wildman–Crippen LogP) is -1.41. The molecule has 4 N–H and O–H groups in total. The van der Waals surface area contributed by atoms with Crippen molar-refractivity contribution in [2.75, 3.05) is 5.75 Å². The van der Waals surface area contributed by atoms with Crippen molar-refractivity contribution in [3.05, 3.63) is 0 Å². The highest BCUT2D eigenvalue weighted by Crippen LogP contribution is 2.04. The Morgan fingerprint density at radius 1 is 1.41 bits per heavy atom. The highest BCUT2D eigenvalue weighted by atomic mass is 32.2. The highest BCUT2D eigenvalue weighted by Gasteiger charge is 2.27. The summed E-state index contributed by atoms with van der Waals surface area (Å²) in [6, 6.07) is -1.28. The summed E-state index contributed by atoms with van der Waals surface area (Å²) in [4.78, 5) is 32.5. The van der Waals surface area contributed by atoms with Crippen LogP contribution in [-0.4, -0.2) is 44.1 Å². The zero-order valence-corrected chi connectivity index (χ0v) is 10.5. The number of nitrogens with two attached hydrogens (primary N) is 1. The number of carbonyl (C=O) groups excluding carboxylic acids is 2. The van der Waals surface area contributed by atoms with E-state index in [1.807, 2.05) is 0 Å². The van der Waals surface area contributed by atoms with Gasteiger partial charge in [0.15, 0.2) is 0 Å². The molecule has 98 valence electrons. The normalized spacial score (nSPS) is 15.6. The minimum absolute atomic E-state index is 0.258. The summed E-state index contributed by atoms with van der Waals surface area (Å²) in [6.07, 6.45) is 0.258. The maximum absolute atomic E-state index is 11.7. The fourth-order valence-electron chi connectivity index (χ4n) is 1.22. The van der Waals surface area contributed by atoms with E-state index in [-0.39, 0.29) is 12.2 Å². The number of carboxylic acid groups (broad SMARTS) is 1. The third-order valence-corrected chi connectivity index (χ3v) is 3.87. The number of hydrogen-bond acceptors (Lipinski definition) is 4. The van der Waals surface area contributed by atoms with Gasteiger partial charge < -0.3 is 16.2 Å². The molecule has 2 unspecified atom stereocenters. The molecular weight excluding hydrogens is 248 g/mol. The highest BCUT2D eigenvalue weighted by molar-refractivity contribution is 7.86. The minimum Gasteiger partial charge on any atom is -0.480 e. The molecular formula is C9H16N2O5S. The first kappa shape index (κ1) is 15.6. The fourth-order valence-corrected chi connectivity index (χ4v) is 2.63. The summed E-state index contributed by atoms with van der Waals surface area (Å²) in [5.74, 6) is -2.91. The second-order valence-electron chi connectivity index (χ2n) is 3.44. The third-order valence-electron chi connectivity index (χ3n) is 2.01. The van der Waals surface area contributed by atoms with Gasteiger partial charge in [0.25, 0.3) is 0 Å². The first-order valence-corrected chi connectivity index (χ1v) is 6.34. The largest absolute Gasteiger partial charge is 0.480 e. The van der Waals surface area contributed by atoms with Crippen molar-refractivity contribution in [3.8, 4) is 0 Å². The standard InChI is InChI=1S/C9H16N2O5S/c1-3-7(8(10)13)17(16)4-6(9(14)15)11-5(2)12/h6-7H,3-4H2,1-2H3,(H2,10,13)(H,11,12)(H,14,15)/t6-,7?,17?/m0/s1. The molecule has 0 aliphatic rings. The molecule has 7 nitrogen and oxygen atoms in total. The van der Waals surface area contributed by atoms with Crippen LogP contribution < -0.4 is 11.1 Å². The van der Waals surface area contributed by atoms with Gasteiger partial charge in [-0.15, -0.1) is 0 Å². The van der Waals surface area contributed by atoms with E-state index in [2.05, 4.69) is 5.32 Å². The Morgan fingerprint density at radius 2 is 1.94 bits per heavy atom. The second kappa shape index (κ2) is 7.00. The van der Waals surface area contributed by atoms with Crippen LogP contribution in [0.3, 0.4) is 0 Å². The molecule has 0 heterocycles. The molecule has 0 fully saturated rings. The number of carbonyl (C=O) groups is 3. The van der Waals surface area contributed by atoms with E-state index in [0.29, 0.717) is 0 Å². The average molecular weight is 264 g/mol. The van der Waals surface area contributed by atoms with E-state index in [9.17, 15) is 18.6 Å². The summed E-state index contributed by atoms with van der Waals surface area (Å²) in [5.41, 5.74) is 5.03. The van der Waals surface area contributed by atoms with Gasteiger partial charge in [0.05, 0.1) is 5.75 Å². The SMILES string of the molecule is CCC(C(N)=O)S(=O)C[C@H](NC(C)=O)C(=O)O. The van der Waals surface area contributed by atoms with Crippen LogP contribution in [0.5, 0.6) is 0 Å². The minimum atomic E-state index is -1.73. The molecule has 2 amide bonds. The molecule has 8 heteroatoms. The van der Waals surface area contributed by atoms with Crippen LogP contribution >= 0.6 is 0 Å². The Kier molecular flexibility index (Phi) is 6.40. The monoisotopic (exact) mass is 264 g/mol. The lowest BCUT2D eigenvalue weighted by Gasteiger charge is -2.16.